The highest BCUT2D eigenvalue weighted by molar-refractivity contribution is 8.00. The lowest BCUT2D eigenvalue weighted by atomic mass is 10.1. The van der Waals surface area contributed by atoms with Crippen LogP contribution < -0.4 is 5.73 Å². The lowest BCUT2D eigenvalue weighted by molar-refractivity contribution is 0.0455. The molecule has 1 atom stereocenters. The van der Waals surface area contributed by atoms with E-state index in [4.69, 9.17) is 10.5 Å². The normalized spacial score (nSPS) is 18.5. The first-order valence-electron chi connectivity index (χ1n) is 5.40. The van der Waals surface area contributed by atoms with Gasteiger partial charge in [0.15, 0.2) is 0 Å². The monoisotopic (exact) mass is 223 g/mol. The molecule has 1 fully saturated rings. The summed E-state index contributed by atoms with van der Waals surface area (Å²) >= 11 is 1.90. The van der Waals surface area contributed by atoms with Crippen LogP contribution in [0.15, 0.2) is 29.2 Å². The van der Waals surface area contributed by atoms with Crippen LogP contribution in [0.4, 0.5) is 0 Å². The summed E-state index contributed by atoms with van der Waals surface area (Å²) in [4.78, 5) is 1.32. The van der Waals surface area contributed by atoms with Crippen molar-refractivity contribution < 1.29 is 4.74 Å². The quantitative estimate of drug-likeness (QED) is 0.852. The zero-order valence-corrected chi connectivity index (χ0v) is 9.80. The maximum atomic E-state index is 6.09. The Morgan fingerprint density at radius 3 is 2.80 bits per heavy atom. The Morgan fingerprint density at radius 2 is 2.20 bits per heavy atom. The van der Waals surface area contributed by atoms with E-state index in [1.807, 2.05) is 11.8 Å². The Morgan fingerprint density at radius 1 is 1.47 bits per heavy atom. The summed E-state index contributed by atoms with van der Waals surface area (Å²) in [6, 6.07) is 8.60. The molecule has 0 spiro atoms. The Kier molecular flexibility index (Phi) is 3.67. The number of thioether (sulfide) groups is 1. The molecule has 1 aliphatic rings. The van der Waals surface area contributed by atoms with Crippen molar-refractivity contribution in [3.63, 3.8) is 0 Å². The molecular weight excluding hydrogens is 206 g/mol. The van der Waals surface area contributed by atoms with Crippen LogP contribution in [0, 0.1) is 0 Å². The zero-order chi connectivity index (χ0) is 10.7. The average Bonchev–Trinajstić information content (AvgIpc) is 2.23. The van der Waals surface area contributed by atoms with Gasteiger partial charge in [-0.2, -0.15) is 0 Å². The Balaban J connectivity index is 2.13. The first-order chi connectivity index (χ1) is 7.31. The third-order valence-corrected chi connectivity index (χ3v) is 3.89. The van der Waals surface area contributed by atoms with Gasteiger partial charge in [0.1, 0.15) is 0 Å². The molecule has 1 aromatic rings. The minimum absolute atomic E-state index is 0.162. The fourth-order valence-corrected chi connectivity index (χ4v) is 2.78. The van der Waals surface area contributed by atoms with Crippen molar-refractivity contribution in [1.29, 1.82) is 0 Å². The summed E-state index contributed by atoms with van der Waals surface area (Å²) in [5.41, 5.74) is 7.36. The Hall–Kier alpha value is -0.510. The van der Waals surface area contributed by atoms with Crippen LogP contribution in [0.5, 0.6) is 0 Å². The number of nitrogens with two attached hydrogens (primary N) is 1. The number of hydrogen-bond acceptors (Lipinski definition) is 3. The lowest BCUT2D eigenvalue weighted by Crippen LogP contribution is -2.30. The van der Waals surface area contributed by atoms with Gasteiger partial charge in [0.05, 0.1) is 18.5 Å². The van der Waals surface area contributed by atoms with Crippen molar-refractivity contribution in [2.45, 2.75) is 29.5 Å². The number of ether oxygens (including phenoxy) is 1. The van der Waals surface area contributed by atoms with E-state index in [1.54, 1.807) is 0 Å². The van der Waals surface area contributed by atoms with Gasteiger partial charge < -0.3 is 10.5 Å². The van der Waals surface area contributed by atoms with Crippen molar-refractivity contribution >= 4 is 11.8 Å². The van der Waals surface area contributed by atoms with E-state index < -0.39 is 0 Å². The first kappa shape index (κ1) is 11.0. The van der Waals surface area contributed by atoms with Crippen LogP contribution in [0.1, 0.15) is 24.9 Å². The minimum atomic E-state index is 0.162. The van der Waals surface area contributed by atoms with Crippen LogP contribution in [0.25, 0.3) is 0 Å². The van der Waals surface area contributed by atoms with Gasteiger partial charge in [-0.15, -0.1) is 11.8 Å². The van der Waals surface area contributed by atoms with Crippen molar-refractivity contribution in [2.24, 2.45) is 5.73 Å². The second-order valence-corrected chi connectivity index (χ2v) is 5.17. The average molecular weight is 223 g/mol. The second-order valence-electron chi connectivity index (χ2n) is 3.83. The van der Waals surface area contributed by atoms with Crippen molar-refractivity contribution in [3.8, 4) is 0 Å². The third-order valence-electron chi connectivity index (χ3n) is 2.66. The molecule has 0 saturated carbocycles. The van der Waals surface area contributed by atoms with Gasteiger partial charge >= 0.3 is 0 Å². The molecular formula is C12H17NOS. The maximum absolute atomic E-state index is 6.09. The summed E-state index contributed by atoms with van der Waals surface area (Å²) in [6.07, 6.45) is 0.985. The van der Waals surface area contributed by atoms with E-state index in [9.17, 15) is 0 Å². The molecule has 2 nitrogen and oxygen atoms in total. The smallest absolute Gasteiger partial charge is 0.0611 e. The van der Waals surface area contributed by atoms with Crippen molar-refractivity contribution in [3.05, 3.63) is 29.8 Å². The molecule has 15 heavy (non-hydrogen) atoms. The van der Waals surface area contributed by atoms with E-state index in [-0.39, 0.29) is 6.04 Å². The predicted molar refractivity (Wildman–Crippen MR) is 64.1 cm³/mol. The van der Waals surface area contributed by atoms with Crippen LogP contribution in [0.2, 0.25) is 0 Å². The van der Waals surface area contributed by atoms with Crippen molar-refractivity contribution in [2.75, 3.05) is 13.2 Å². The lowest BCUT2D eigenvalue weighted by Gasteiger charge is -2.26. The van der Waals surface area contributed by atoms with Crippen LogP contribution in [-0.2, 0) is 4.74 Å². The second kappa shape index (κ2) is 5.01. The molecule has 0 amide bonds. The Labute approximate surface area is 95.2 Å². The van der Waals surface area contributed by atoms with Crippen molar-refractivity contribution in [1.82, 2.24) is 0 Å². The summed E-state index contributed by atoms with van der Waals surface area (Å²) in [6.45, 7) is 3.87. The standard InChI is InChI=1S/C12H17NOS/c1-2-11(13)10-5-3-4-6-12(10)15-9-7-14-8-9/h3-6,9,11H,2,7-8,13H2,1H3/t11-/m1/s1. The largest absolute Gasteiger partial charge is 0.379 e. The molecule has 3 heteroatoms. The van der Waals surface area contributed by atoms with E-state index in [2.05, 4.69) is 31.2 Å². The van der Waals surface area contributed by atoms with Crippen LogP contribution in [0.3, 0.4) is 0 Å². The fourth-order valence-electron chi connectivity index (χ4n) is 1.58. The molecule has 0 bridgehead atoms. The maximum Gasteiger partial charge on any atom is 0.0611 e. The molecule has 1 heterocycles. The number of rotatable bonds is 4. The van der Waals surface area contributed by atoms with E-state index in [0.29, 0.717) is 5.25 Å². The molecule has 0 aliphatic carbocycles. The molecule has 1 aliphatic heterocycles. The first-order valence-corrected chi connectivity index (χ1v) is 6.28. The van der Waals surface area contributed by atoms with Gasteiger partial charge in [-0.3, -0.25) is 0 Å². The topological polar surface area (TPSA) is 35.2 Å². The third kappa shape index (κ3) is 2.54. The molecule has 1 saturated heterocycles. The zero-order valence-electron chi connectivity index (χ0n) is 8.98. The molecule has 1 aromatic carbocycles. The van der Waals surface area contributed by atoms with Crippen LogP contribution in [-0.4, -0.2) is 18.5 Å². The summed E-state index contributed by atoms with van der Waals surface area (Å²) in [5, 5.41) is 0.621. The number of benzene rings is 1. The van der Waals surface area contributed by atoms with E-state index >= 15 is 0 Å². The number of hydrogen-bond donors (Lipinski definition) is 1. The van der Waals surface area contributed by atoms with Gasteiger partial charge in [0, 0.05) is 10.9 Å². The highest BCUT2D eigenvalue weighted by Crippen LogP contribution is 2.33. The molecule has 82 valence electrons. The van der Waals surface area contributed by atoms with Gasteiger partial charge in [-0.1, -0.05) is 25.1 Å². The molecule has 0 aromatic heterocycles. The summed E-state index contributed by atoms with van der Waals surface area (Å²) in [5.74, 6) is 0. The van der Waals surface area contributed by atoms with Gasteiger partial charge in [0.2, 0.25) is 0 Å². The minimum Gasteiger partial charge on any atom is -0.379 e. The van der Waals surface area contributed by atoms with Crippen LogP contribution >= 0.6 is 11.8 Å². The molecule has 2 N–H and O–H groups in total. The molecule has 2 rings (SSSR count). The highest BCUT2D eigenvalue weighted by atomic mass is 32.2. The summed E-state index contributed by atoms with van der Waals surface area (Å²) < 4.78 is 5.18. The SMILES string of the molecule is CC[C@@H](N)c1ccccc1SC1COC1. The highest BCUT2D eigenvalue weighted by Gasteiger charge is 2.21. The summed E-state index contributed by atoms with van der Waals surface area (Å²) in [7, 11) is 0. The van der Waals surface area contributed by atoms with E-state index in [0.717, 1.165) is 19.6 Å². The van der Waals surface area contributed by atoms with Gasteiger partial charge in [-0.05, 0) is 18.1 Å². The fraction of sp³-hybridized carbons (Fsp3) is 0.500. The Bertz CT molecular complexity index is 325. The van der Waals surface area contributed by atoms with E-state index in [1.165, 1.54) is 10.5 Å². The molecule has 0 radical (unpaired) electrons. The molecule has 0 unspecified atom stereocenters. The van der Waals surface area contributed by atoms with Gasteiger partial charge in [-0.25, -0.2) is 0 Å². The predicted octanol–water partition coefficient (Wildman–Crippen LogP) is 2.59. The van der Waals surface area contributed by atoms with Gasteiger partial charge in [0.25, 0.3) is 0 Å².